The van der Waals surface area contributed by atoms with Crippen molar-refractivity contribution in [3.8, 4) is 0 Å². The molecule has 0 heterocycles. The lowest BCUT2D eigenvalue weighted by Crippen LogP contribution is -2.22. The first kappa shape index (κ1) is 13.8. The van der Waals surface area contributed by atoms with E-state index in [1.807, 2.05) is 0 Å². The van der Waals surface area contributed by atoms with Crippen molar-refractivity contribution >= 4 is 10.8 Å². The maximum absolute atomic E-state index is 2.40. The molecular weight excluding hydrogens is 254 g/mol. The lowest BCUT2D eigenvalue weighted by molar-refractivity contribution is 0.254. The van der Waals surface area contributed by atoms with E-state index in [0.717, 1.165) is 6.54 Å². The van der Waals surface area contributed by atoms with Gasteiger partial charge in [-0.1, -0.05) is 72.8 Å². The van der Waals surface area contributed by atoms with Gasteiger partial charge in [-0.2, -0.15) is 0 Å². The highest BCUT2D eigenvalue weighted by Gasteiger charge is 2.14. The van der Waals surface area contributed by atoms with Crippen molar-refractivity contribution in [3.63, 3.8) is 0 Å². The minimum absolute atomic E-state index is 0.385. The third-order valence-electron chi connectivity index (χ3n) is 4.21. The monoisotopic (exact) mass is 275 g/mol. The second-order valence-corrected chi connectivity index (χ2v) is 5.65. The molecule has 0 aromatic heterocycles. The topological polar surface area (TPSA) is 3.24 Å². The Morgan fingerprint density at radius 1 is 0.810 bits per heavy atom. The lowest BCUT2D eigenvalue weighted by atomic mass is 9.98. The number of benzene rings is 3. The van der Waals surface area contributed by atoms with E-state index in [2.05, 4.69) is 91.7 Å². The van der Waals surface area contributed by atoms with Crippen molar-refractivity contribution in [2.45, 2.75) is 19.5 Å². The van der Waals surface area contributed by atoms with Gasteiger partial charge in [-0.05, 0) is 35.9 Å². The molecule has 3 aromatic rings. The Labute approximate surface area is 126 Å². The highest BCUT2D eigenvalue weighted by Crippen LogP contribution is 2.28. The van der Waals surface area contributed by atoms with Crippen molar-refractivity contribution < 1.29 is 0 Å². The third-order valence-corrected chi connectivity index (χ3v) is 4.21. The first-order valence-corrected chi connectivity index (χ1v) is 7.47. The zero-order chi connectivity index (χ0) is 14.7. The fourth-order valence-corrected chi connectivity index (χ4v) is 2.86. The van der Waals surface area contributed by atoms with Crippen LogP contribution in [0.5, 0.6) is 0 Å². The predicted octanol–water partition coefficient (Wildman–Crippen LogP) is 5.03. The zero-order valence-electron chi connectivity index (χ0n) is 12.7. The fraction of sp³-hybridized carbons (Fsp3) is 0.200. The van der Waals surface area contributed by atoms with E-state index in [1.54, 1.807) is 0 Å². The summed E-state index contributed by atoms with van der Waals surface area (Å²) < 4.78 is 0. The molecule has 0 N–H and O–H groups in total. The number of hydrogen-bond donors (Lipinski definition) is 0. The van der Waals surface area contributed by atoms with Gasteiger partial charge < -0.3 is 0 Å². The molecule has 0 fully saturated rings. The standard InChI is InChI=1S/C20H21N/c1-16(21(2)15-17-9-4-3-5-10-17)19-14-8-12-18-11-6-7-13-20(18)19/h3-14,16H,15H2,1-2H3. The van der Waals surface area contributed by atoms with Crippen molar-refractivity contribution in [2.75, 3.05) is 7.05 Å². The van der Waals surface area contributed by atoms with E-state index in [-0.39, 0.29) is 0 Å². The van der Waals surface area contributed by atoms with Crippen LogP contribution in [0.15, 0.2) is 72.8 Å². The number of rotatable bonds is 4. The quantitative estimate of drug-likeness (QED) is 0.645. The minimum Gasteiger partial charge on any atom is -0.295 e. The Balaban J connectivity index is 1.88. The van der Waals surface area contributed by atoms with Crippen molar-refractivity contribution in [1.82, 2.24) is 4.90 Å². The molecule has 0 aliphatic heterocycles. The Kier molecular flexibility index (Phi) is 4.03. The lowest BCUT2D eigenvalue weighted by Gasteiger charge is -2.26. The van der Waals surface area contributed by atoms with E-state index >= 15 is 0 Å². The van der Waals surface area contributed by atoms with Gasteiger partial charge in [0.05, 0.1) is 0 Å². The van der Waals surface area contributed by atoms with Crippen LogP contribution in [0.2, 0.25) is 0 Å². The number of hydrogen-bond acceptors (Lipinski definition) is 1. The first-order chi connectivity index (χ1) is 10.3. The van der Waals surface area contributed by atoms with Crippen LogP contribution in [0.1, 0.15) is 24.1 Å². The average molecular weight is 275 g/mol. The van der Waals surface area contributed by atoms with Gasteiger partial charge in [0, 0.05) is 12.6 Å². The van der Waals surface area contributed by atoms with Gasteiger partial charge in [0.1, 0.15) is 0 Å². The summed E-state index contributed by atoms with van der Waals surface area (Å²) in [6.45, 7) is 3.25. The van der Waals surface area contributed by atoms with Crippen LogP contribution in [0.3, 0.4) is 0 Å². The molecule has 3 rings (SSSR count). The van der Waals surface area contributed by atoms with Gasteiger partial charge in [0.2, 0.25) is 0 Å². The summed E-state index contributed by atoms with van der Waals surface area (Å²) in [6.07, 6.45) is 0. The fourth-order valence-electron chi connectivity index (χ4n) is 2.86. The molecule has 21 heavy (non-hydrogen) atoms. The van der Waals surface area contributed by atoms with Crippen molar-refractivity contribution in [3.05, 3.63) is 83.9 Å². The largest absolute Gasteiger partial charge is 0.295 e. The van der Waals surface area contributed by atoms with Crippen LogP contribution in [0.25, 0.3) is 10.8 Å². The SMILES string of the molecule is CC(c1cccc2ccccc12)N(C)Cc1ccccc1. The van der Waals surface area contributed by atoms with Crippen molar-refractivity contribution in [1.29, 1.82) is 0 Å². The molecule has 1 nitrogen and oxygen atoms in total. The molecule has 0 radical (unpaired) electrons. The summed E-state index contributed by atoms with van der Waals surface area (Å²) in [4.78, 5) is 2.40. The van der Waals surface area contributed by atoms with Crippen molar-refractivity contribution in [2.24, 2.45) is 0 Å². The summed E-state index contributed by atoms with van der Waals surface area (Å²) in [7, 11) is 2.19. The Bertz CT molecular complexity index is 713. The average Bonchev–Trinajstić information content (AvgIpc) is 2.54. The summed E-state index contributed by atoms with van der Waals surface area (Å²) in [6, 6.07) is 26.2. The van der Waals surface area contributed by atoms with Crippen LogP contribution in [0, 0.1) is 0 Å². The first-order valence-electron chi connectivity index (χ1n) is 7.47. The second-order valence-electron chi connectivity index (χ2n) is 5.65. The van der Waals surface area contributed by atoms with E-state index < -0.39 is 0 Å². The van der Waals surface area contributed by atoms with E-state index in [4.69, 9.17) is 0 Å². The summed E-state index contributed by atoms with van der Waals surface area (Å²) in [5, 5.41) is 2.67. The van der Waals surface area contributed by atoms with E-state index in [1.165, 1.54) is 21.9 Å². The molecular formula is C20H21N. The molecule has 1 heteroatoms. The predicted molar refractivity (Wildman–Crippen MR) is 90.3 cm³/mol. The zero-order valence-corrected chi connectivity index (χ0v) is 12.7. The molecule has 0 saturated carbocycles. The Morgan fingerprint density at radius 3 is 2.29 bits per heavy atom. The molecule has 0 bridgehead atoms. The van der Waals surface area contributed by atoms with Crippen LogP contribution in [-0.4, -0.2) is 11.9 Å². The van der Waals surface area contributed by atoms with Crippen LogP contribution < -0.4 is 0 Å². The van der Waals surface area contributed by atoms with Gasteiger partial charge in [-0.3, -0.25) is 4.90 Å². The van der Waals surface area contributed by atoms with Gasteiger partial charge in [0.15, 0.2) is 0 Å². The molecule has 1 unspecified atom stereocenters. The normalized spacial score (nSPS) is 12.7. The maximum atomic E-state index is 2.40. The maximum Gasteiger partial charge on any atom is 0.0326 e. The van der Waals surface area contributed by atoms with E-state index in [0.29, 0.717) is 6.04 Å². The van der Waals surface area contributed by atoms with Crippen LogP contribution in [0.4, 0.5) is 0 Å². The minimum atomic E-state index is 0.385. The van der Waals surface area contributed by atoms with Gasteiger partial charge in [-0.15, -0.1) is 0 Å². The molecule has 0 aliphatic carbocycles. The van der Waals surface area contributed by atoms with Crippen LogP contribution >= 0.6 is 0 Å². The summed E-state index contributed by atoms with van der Waals surface area (Å²) in [5.41, 5.74) is 2.75. The molecule has 0 amide bonds. The molecule has 0 saturated heterocycles. The third kappa shape index (κ3) is 2.98. The number of nitrogens with zero attached hydrogens (tertiary/aromatic N) is 1. The van der Waals surface area contributed by atoms with Gasteiger partial charge in [-0.25, -0.2) is 0 Å². The van der Waals surface area contributed by atoms with Crippen LogP contribution in [-0.2, 0) is 6.54 Å². The molecule has 106 valence electrons. The molecule has 0 spiro atoms. The summed E-state index contributed by atoms with van der Waals surface area (Å²) in [5.74, 6) is 0. The Hall–Kier alpha value is -2.12. The molecule has 0 aliphatic rings. The summed E-state index contributed by atoms with van der Waals surface area (Å²) >= 11 is 0. The number of fused-ring (bicyclic) bond motifs is 1. The van der Waals surface area contributed by atoms with Gasteiger partial charge in [0.25, 0.3) is 0 Å². The van der Waals surface area contributed by atoms with E-state index in [9.17, 15) is 0 Å². The molecule has 3 aromatic carbocycles. The highest BCUT2D eigenvalue weighted by molar-refractivity contribution is 5.86. The van der Waals surface area contributed by atoms with Gasteiger partial charge >= 0.3 is 0 Å². The smallest absolute Gasteiger partial charge is 0.0326 e. The molecule has 1 atom stereocenters. The second kappa shape index (κ2) is 6.11. The highest BCUT2D eigenvalue weighted by atomic mass is 15.1. The Morgan fingerprint density at radius 2 is 1.48 bits per heavy atom.